The van der Waals surface area contributed by atoms with Crippen molar-refractivity contribution >= 4 is 55.5 Å². The molecule has 0 atom stereocenters. The van der Waals surface area contributed by atoms with Gasteiger partial charge in [-0.2, -0.15) is 0 Å². The highest BCUT2D eigenvalue weighted by Gasteiger charge is 2.11. The zero-order chi connectivity index (χ0) is 25.9. The van der Waals surface area contributed by atoms with Crippen molar-refractivity contribution in [1.82, 2.24) is 21.7 Å². The molecule has 0 radical (unpaired) electrons. The van der Waals surface area contributed by atoms with Gasteiger partial charge in [-0.3, -0.25) is 40.9 Å². The van der Waals surface area contributed by atoms with Gasteiger partial charge in [0.1, 0.15) is 11.5 Å². The Labute approximate surface area is 222 Å². The topological polar surface area (TPSA) is 135 Å². The normalized spacial score (nSPS) is 10.1. The molecule has 3 rings (SSSR count). The molecule has 0 aliphatic carbocycles. The first-order valence-electron chi connectivity index (χ1n) is 10.4. The molecule has 0 bridgehead atoms. The molecule has 12 heteroatoms. The summed E-state index contributed by atoms with van der Waals surface area (Å²) in [5.74, 6) is -1.28. The third kappa shape index (κ3) is 8.71. The Bertz CT molecular complexity index is 1120. The molecule has 0 unspecified atom stereocenters. The summed E-state index contributed by atoms with van der Waals surface area (Å²) in [4.78, 5) is 48.2. The van der Waals surface area contributed by atoms with Crippen LogP contribution in [0.2, 0.25) is 0 Å². The summed E-state index contributed by atoms with van der Waals surface area (Å²) in [5.41, 5.74) is 9.42. The van der Waals surface area contributed by atoms with E-state index in [0.29, 0.717) is 11.5 Å². The molecule has 0 saturated carbocycles. The monoisotopic (exact) mass is 618 g/mol. The molecule has 0 aliphatic rings. The van der Waals surface area contributed by atoms with Crippen LogP contribution in [0.5, 0.6) is 11.5 Å². The van der Waals surface area contributed by atoms with Crippen LogP contribution in [-0.4, -0.2) is 36.8 Å². The van der Waals surface area contributed by atoms with Crippen LogP contribution >= 0.6 is 31.9 Å². The Morgan fingerprint density at radius 1 is 0.528 bits per heavy atom. The van der Waals surface area contributed by atoms with Gasteiger partial charge in [0.15, 0.2) is 13.2 Å². The minimum absolute atomic E-state index is 0.201. The molecule has 0 aliphatic heterocycles. The van der Waals surface area contributed by atoms with Crippen LogP contribution in [0.4, 0.5) is 0 Å². The van der Waals surface area contributed by atoms with Gasteiger partial charge in [0.2, 0.25) is 0 Å². The standard InChI is InChI=1S/C24H20Br2N4O6/c25-17-5-9-19(10-6-17)35-13-21(31)27-29-23(33)15-1-2-16(4-3-15)24(34)30-28-22(32)14-36-20-11-7-18(26)8-12-20/h1-12H,13-14H2,(H,27,31)(H,28,32)(H,29,33)(H,30,34). The summed E-state index contributed by atoms with van der Waals surface area (Å²) >= 11 is 6.60. The van der Waals surface area contributed by atoms with Gasteiger partial charge in [-0.15, -0.1) is 0 Å². The molecular formula is C24H20Br2N4O6. The van der Waals surface area contributed by atoms with E-state index < -0.39 is 23.6 Å². The number of hydrogen-bond acceptors (Lipinski definition) is 6. The number of nitrogens with one attached hydrogen (secondary N) is 4. The average molecular weight is 620 g/mol. The van der Waals surface area contributed by atoms with E-state index in [0.717, 1.165) is 8.95 Å². The summed E-state index contributed by atoms with van der Waals surface area (Å²) in [6, 6.07) is 19.4. The quantitative estimate of drug-likeness (QED) is 0.287. The maximum absolute atomic E-state index is 12.2. The van der Waals surface area contributed by atoms with Crippen LogP contribution in [0.25, 0.3) is 0 Å². The van der Waals surface area contributed by atoms with Crippen LogP contribution in [0.1, 0.15) is 20.7 Å². The zero-order valence-corrected chi connectivity index (χ0v) is 21.7. The van der Waals surface area contributed by atoms with Crippen molar-refractivity contribution in [3.63, 3.8) is 0 Å². The van der Waals surface area contributed by atoms with E-state index >= 15 is 0 Å². The third-order valence-corrected chi connectivity index (χ3v) is 5.46. The fraction of sp³-hybridized carbons (Fsp3) is 0.0833. The minimum atomic E-state index is -0.586. The van der Waals surface area contributed by atoms with Gasteiger partial charge in [0, 0.05) is 20.1 Å². The highest BCUT2D eigenvalue weighted by molar-refractivity contribution is 9.10. The molecule has 186 valence electrons. The van der Waals surface area contributed by atoms with Crippen LogP contribution < -0.4 is 31.2 Å². The van der Waals surface area contributed by atoms with Crippen molar-refractivity contribution in [1.29, 1.82) is 0 Å². The first-order valence-corrected chi connectivity index (χ1v) is 11.9. The lowest BCUT2D eigenvalue weighted by Crippen LogP contribution is -2.44. The highest BCUT2D eigenvalue weighted by atomic mass is 79.9. The highest BCUT2D eigenvalue weighted by Crippen LogP contribution is 2.16. The summed E-state index contributed by atoms with van der Waals surface area (Å²) in [6.45, 7) is -0.582. The molecule has 10 nitrogen and oxygen atoms in total. The fourth-order valence-electron chi connectivity index (χ4n) is 2.60. The molecule has 3 aromatic carbocycles. The Balaban J connectivity index is 1.37. The number of ether oxygens (including phenoxy) is 2. The van der Waals surface area contributed by atoms with Gasteiger partial charge in [-0.1, -0.05) is 31.9 Å². The third-order valence-electron chi connectivity index (χ3n) is 4.41. The molecule has 4 amide bonds. The maximum atomic E-state index is 12.2. The van der Waals surface area contributed by atoms with E-state index in [9.17, 15) is 19.2 Å². The number of hydrazine groups is 2. The molecule has 0 saturated heterocycles. The number of benzene rings is 3. The molecule has 0 aromatic heterocycles. The first-order chi connectivity index (χ1) is 17.3. The van der Waals surface area contributed by atoms with Gasteiger partial charge < -0.3 is 9.47 Å². The summed E-state index contributed by atoms with van der Waals surface area (Å²) in [6.07, 6.45) is 0. The van der Waals surface area contributed by atoms with Gasteiger partial charge in [0.05, 0.1) is 0 Å². The zero-order valence-electron chi connectivity index (χ0n) is 18.5. The maximum Gasteiger partial charge on any atom is 0.276 e. The van der Waals surface area contributed by atoms with E-state index in [-0.39, 0.29) is 24.3 Å². The van der Waals surface area contributed by atoms with Crippen LogP contribution in [0, 0.1) is 0 Å². The second-order valence-electron chi connectivity index (χ2n) is 7.07. The lowest BCUT2D eigenvalue weighted by molar-refractivity contribution is -0.124. The largest absolute Gasteiger partial charge is 0.484 e. The number of rotatable bonds is 8. The van der Waals surface area contributed by atoms with E-state index in [2.05, 4.69) is 53.6 Å². The van der Waals surface area contributed by atoms with E-state index in [1.165, 1.54) is 24.3 Å². The van der Waals surface area contributed by atoms with E-state index in [1.807, 2.05) is 0 Å². The SMILES string of the molecule is O=C(COc1ccc(Br)cc1)NNC(=O)c1ccc(C(=O)NNC(=O)COc2ccc(Br)cc2)cc1. The molecule has 36 heavy (non-hydrogen) atoms. The van der Waals surface area contributed by atoms with Crippen LogP contribution in [0.15, 0.2) is 81.7 Å². The van der Waals surface area contributed by atoms with Crippen LogP contribution in [-0.2, 0) is 9.59 Å². The van der Waals surface area contributed by atoms with E-state index in [1.54, 1.807) is 48.5 Å². The Morgan fingerprint density at radius 3 is 1.19 bits per heavy atom. The molecular weight excluding hydrogens is 600 g/mol. The minimum Gasteiger partial charge on any atom is -0.484 e. The second kappa shape index (κ2) is 13.3. The number of carbonyl (C=O) groups is 4. The Kier molecular flexibility index (Phi) is 9.83. The molecule has 0 fully saturated rings. The number of halogens is 2. The molecule has 0 spiro atoms. The molecule has 0 heterocycles. The van der Waals surface area contributed by atoms with Crippen molar-refractivity contribution < 1.29 is 28.7 Å². The lowest BCUT2D eigenvalue weighted by atomic mass is 10.1. The van der Waals surface area contributed by atoms with Gasteiger partial charge in [0.25, 0.3) is 23.6 Å². The summed E-state index contributed by atoms with van der Waals surface area (Å²) < 4.78 is 12.4. The summed E-state index contributed by atoms with van der Waals surface area (Å²) in [7, 11) is 0. The van der Waals surface area contributed by atoms with Gasteiger partial charge in [-0.25, -0.2) is 0 Å². The number of amides is 4. The summed E-state index contributed by atoms with van der Waals surface area (Å²) in [5, 5.41) is 0. The second-order valence-corrected chi connectivity index (χ2v) is 8.90. The predicted molar refractivity (Wildman–Crippen MR) is 137 cm³/mol. The van der Waals surface area contributed by atoms with Crippen molar-refractivity contribution in [3.05, 3.63) is 92.9 Å². The molecule has 4 N–H and O–H groups in total. The first kappa shape index (κ1) is 26.7. The Hall–Kier alpha value is -3.90. The Morgan fingerprint density at radius 2 is 0.861 bits per heavy atom. The number of hydrogen-bond donors (Lipinski definition) is 4. The smallest absolute Gasteiger partial charge is 0.276 e. The predicted octanol–water partition coefficient (Wildman–Crippen LogP) is 2.89. The number of carbonyl (C=O) groups excluding carboxylic acids is 4. The van der Waals surface area contributed by atoms with Crippen molar-refractivity contribution in [2.24, 2.45) is 0 Å². The van der Waals surface area contributed by atoms with Gasteiger partial charge in [-0.05, 0) is 72.8 Å². The van der Waals surface area contributed by atoms with Crippen LogP contribution in [0.3, 0.4) is 0 Å². The lowest BCUT2D eigenvalue weighted by Gasteiger charge is -2.10. The fourth-order valence-corrected chi connectivity index (χ4v) is 3.13. The van der Waals surface area contributed by atoms with E-state index in [4.69, 9.17) is 9.47 Å². The average Bonchev–Trinajstić information content (AvgIpc) is 2.89. The van der Waals surface area contributed by atoms with Crippen molar-refractivity contribution in [3.8, 4) is 11.5 Å². The van der Waals surface area contributed by atoms with Crippen molar-refractivity contribution in [2.45, 2.75) is 0 Å². The van der Waals surface area contributed by atoms with Crippen molar-refractivity contribution in [2.75, 3.05) is 13.2 Å². The van der Waals surface area contributed by atoms with Gasteiger partial charge >= 0.3 is 0 Å². The molecule has 3 aromatic rings.